The van der Waals surface area contributed by atoms with Gasteiger partial charge in [-0.25, -0.2) is 19.9 Å². The molecule has 0 bridgehead atoms. The van der Waals surface area contributed by atoms with E-state index in [2.05, 4.69) is 41.5 Å². The molecule has 1 saturated heterocycles. The summed E-state index contributed by atoms with van der Waals surface area (Å²) in [6.07, 6.45) is 1.21. The van der Waals surface area contributed by atoms with E-state index in [1.165, 1.54) is 58.0 Å². The summed E-state index contributed by atoms with van der Waals surface area (Å²) in [5.41, 5.74) is 8.25. The van der Waals surface area contributed by atoms with Gasteiger partial charge in [-0.2, -0.15) is 5.10 Å². The number of oxime groups is 1. The van der Waals surface area contributed by atoms with Gasteiger partial charge in [0.25, 0.3) is 17.7 Å². The highest BCUT2D eigenvalue weighted by Gasteiger charge is 2.54. The number of hydrazone groups is 1. The van der Waals surface area contributed by atoms with Crippen molar-refractivity contribution in [2.45, 2.75) is 16.6 Å². The Morgan fingerprint density at radius 3 is 2.76 bits per heavy atom. The molecule has 0 spiro atoms. The van der Waals surface area contributed by atoms with Crippen molar-refractivity contribution in [3.8, 4) is 11.5 Å². The smallest absolute Gasteiger partial charge is 0.352 e. The van der Waals surface area contributed by atoms with Gasteiger partial charge in [0, 0.05) is 23.9 Å². The van der Waals surface area contributed by atoms with Gasteiger partial charge in [0.05, 0.1) is 6.21 Å². The SMILES string of the molecule is Cn1nnnc1SCC1=C(C(=O)O)N2C(=O)C(NC(=O)/C(=N\OCC(=O)N/N=C/c3ccc(O)c(O)c3)c3csc(N)n3)[C@H]2SC1. The molecule has 3 aromatic rings. The fourth-order valence-electron chi connectivity index (χ4n) is 4.09. The number of phenols is 2. The zero-order chi connectivity index (χ0) is 33.0. The number of tetrazole rings is 1. The molecule has 4 heterocycles. The van der Waals surface area contributed by atoms with Gasteiger partial charge in [-0.1, -0.05) is 16.9 Å². The Bertz CT molecular complexity index is 1790. The number of carbonyl (C=O) groups is 4. The number of fused-ring (bicyclic) bond motifs is 1. The molecule has 0 aliphatic carbocycles. The van der Waals surface area contributed by atoms with Gasteiger partial charge in [-0.05, 0) is 39.8 Å². The molecule has 46 heavy (non-hydrogen) atoms. The summed E-state index contributed by atoms with van der Waals surface area (Å²) >= 11 is 3.52. The van der Waals surface area contributed by atoms with Gasteiger partial charge in [0.15, 0.2) is 28.9 Å². The Labute approximate surface area is 270 Å². The number of carbonyl (C=O) groups excluding carboxylic acids is 3. The molecular formula is C24H23N11O8S3. The van der Waals surface area contributed by atoms with Crippen LogP contribution in [0.15, 0.2) is 50.3 Å². The third-order valence-corrected chi connectivity index (χ3v) is 9.34. The van der Waals surface area contributed by atoms with Crippen LogP contribution in [0.1, 0.15) is 11.3 Å². The number of amides is 3. The number of β-lactam (4-membered cyclic amide) rings is 1. The molecule has 2 atom stereocenters. The predicted octanol–water partition coefficient (Wildman–Crippen LogP) is -0.938. The standard InChI is InChI=1S/C24H23N11O8S3/c1-34-24(30-32-33-34)46-8-11-7-44-21-17(20(40)35(21)18(11)22(41)42)28-19(39)16(12-9-45-23(25)27-12)31-43-6-15(38)29-26-5-10-2-3-13(36)14(37)4-10/h2-5,9,17,21,36-37H,6-8H2,1H3,(H2,25,27)(H,28,39)(H,29,38)(H,41,42)/b26-5+,31-16-/t17?,21-/m1/s1. The van der Waals surface area contributed by atoms with Crippen molar-refractivity contribution in [1.29, 1.82) is 0 Å². The second-order valence-corrected chi connectivity index (χ2v) is 12.3. The number of rotatable bonds is 12. The molecule has 22 heteroatoms. The number of aliphatic carboxylic acids is 1. The van der Waals surface area contributed by atoms with E-state index >= 15 is 0 Å². The second kappa shape index (κ2) is 13.8. The van der Waals surface area contributed by atoms with Gasteiger partial charge in [0.2, 0.25) is 5.16 Å². The number of nitrogens with zero attached hydrogens (tertiary/aromatic N) is 8. The summed E-state index contributed by atoms with van der Waals surface area (Å²) < 4.78 is 1.44. The number of carboxylic acid groups (broad SMARTS) is 1. The number of thioether (sulfide) groups is 2. The number of aryl methyl sites for hydroxylation is 1. The average molecular weight is 690 g/mol. The largest absolute Gasteiger partial charge is 0.504 e. The molecular weight excluding hydrogens is 667 g/mol. The molecule has 240 valence electrons. The maximum Gasteiger partial charge on any atom is 0.352 e. The summed E-state index contributed by atoms with van der Waals surface area (Å²) in [4.78, 5) is 61.0. The number of hydrogen-bond acceptors (Lipinski definition) is 17. The summed E-state index contributed by atoms with van der Waals surface area (Å²) in [6.45, 7) is -0.666. The van der Waals surface area contributed by atoms with Crippen molar-refractivity contribution in [2.75, 3.05) is 23.8 Å². The maximum atomic E-state index is 13.3. The van der Waals surface area contributed by atoms with Gasteiger partial charge in [-0.3, -0.25) is 19.3 Å². The molecule has 2 aliphatic rings. The van der Waals surface area contributed by atoms with E-state index in [1.54, 1.807) is 7.05 Å². The average Bonchev–Trinajstić information content (AvgIpc) is 3.65. The van der Waals surface area contributed by atoms with Gasteiger partial charge >= 0.3 is 5.97 Å². The van der Waals surface area contributed by atoms with Crippen molar-refractivity contribution in [3.05, 3.63) is 46.1 Å². The number of aromatic hydroxyl groups is 2. The van der Waals surface area contributed by atoms with Crippen LogP contribution in [0.5, 0.6) is 11.5 Å². The van der Waals surface area contributed by atoms with Crippen LogP contribution >= 0.6 is 34.9 Å². The Hall–Kier alpha value is -5.22. The first-order valence-corrected chi connectivity index (χ1v) is 15.8. The van der Waals surface area contributed by atoms with Crippen molar-refractivity contribution in [1.82, 2.24) is 40.8 Å². The van der Waals surface area contributed by atoms with E-state index in [-0.39, 0.29) is 45.2 Å². The lowest BCUT2D eigenvalue weighted by Gasteiger charge is -2.49. The number of thiazole rings is 1. The molecule has 0 saturated carbocycles. The number of nitrogens with two attached hydrogens (primary N) is 1. The van der Waals surface area contributed by atoms with Crippen LogP contribution in [0, 0.1) is 0 Å². The number of nitrogens with one attached hydrogen (secondary N) is 2. The molecule has 7 N–H and O–H groups in total. The van der Waals surface area contributed by atoms with Gasteiger partial charge in [0.1, 0.15) is 22.8 Å². The normalized spacial score (nSPS) is 17.9. The molecule has 0 radical (unpaired) electrons. The summed E-state index contributed by atoms with van der Waals surface area (Å²) in [7, 11) is 1.65. The minimum Gasteiger partial charge on any atom is -0.504 e. The minimum absolute atomic E-state index is 0.0224. The number of phenolic OH excluding ortho intramolecular Hbond substituents is 2. The Kier molecular flexibility index (Phi) is 9.67. The topological polar surface area (TPSA) is 273 Å². The van der Waals surface area contributed by atoms with Crippen LogP contribution < -0.4 is 16.5 Å². The second-order valence-electron chi connectivity index (χ2n) is 9.32. The molecule has 1 aromatic carbocycles. The molecule has 2 aromatic heterocycles. The van der Waals surface area contributed by atoms with Crippen LogP contribution in [-0.4, -0.2) is 111 Å². The van der Waals surface area contributed by atoms with Gasteiger partial charge in [-0.15, -0.1) is 28.2 Å². The first-order valence-electron chi connectivity index (χ1n) is 12.8. The Balaban J connectivity index is 1.22. The maximum absolute atomic E-state index is 13.3. The van der Waals surface area contributed by atoms with Crippen LogP contribution in [0.3, 0.4) is 0 Å². The van der Waals surface area contributed by atoms with Crippen LogP contribution in [-0.2, 0) is 31.1 Å². The van der Waals surface area contributed by atoms with Crippen LogP contribution in [0.4, 0.5) is 5.13 Å². The van der Waals surface area contributed by atoms with Crippen molar-refractivity contribution in [2.24, 2.45) is 17.3 Å². The fourth-order valence-corrected chi connectivity index (χ4v) is 6.97. The lowest BCUT2D eigenvalue weighted by Crippen LogP contribution is -2.71. The van der Waals surface area contributed by atoms with Crippen LogP contribution in [0.25, 0.3) is 0 Å². The first kappa shape index (κ1) is 32.2. The van der Waals surface area contributed by atoms with Crippen molar-refractivity contribution < 1.29 is 39.3 Å². The van der Waals surface area contributed by atoms with E-state index in [0.717, 1.165) is 16.2 Å². The highest BCUT2D eigenvalue weighted by molar-refractivity contribution is 8.01. The lowest BCUT2D eigenvalue weighted by atomic mass is 10.0. The summed E-state index contributed by atoms with van der Waals surface area (Å²) in [5.74, 6) is -3.71. The Morgan fingerprint density at radius 1 is 1.28 bits per heavy atom. The number of aromatic nitrogens is 5. The van der Waals surface area contributed by atoms with E-state index in [4.69, 9.17) is 10.6 Å². The lowest BCUT2D eigenvalue weighted by molar-refractivity contribution is -0.150. The van der Waals surface area contributed by atoms with Crippen molar-refractivity contribution in [3.63, 3.8) is 0 Å². The number of benzene rings is 1. The molecule has 3 amide bonds. The third kappa shape index (κ3) is 7.02. The van der Waals surface area contributed by atoms with Gasteiger partial charge < -0.3 is 31.2 Å². The highest BCUT2D eigenvalue weighted by Crippen LogP contribution is 2.41. The predicted molar refractivity (Wildman–Crippen MR) is 164 cm³/mol. The monoisotopic (exact) mass is 689 g/mol. The van der Waals surface area contributed by atoms with Crippen LogP contribution in [0.2, 0.25) is 0 Å². The first-order chi connectivity index (χ1) is 22.0. The molecule has 2 aliphatic heterocycles. The molecule has 1 fully saturated rings. The number of anilines is 1. The third-order valence-electron chi connectivity index (χ3n) is 6.23. The summed E-state index contributed by atoms with van der Waals surface area (Å²) in [5, 5.41) is 51.3. The number of hydrogen-bond donors (Lipinski definition) is 6. The zero-order valence-electron chi connectivity index (χ0n) is 23.4. The summed E-state index contributed by atoms with van der Waals surface area (Å²) in [6, 6.07) is 2.84. The Morgan fingerprint density at radius 2 is 2.09 bits per heavy atom. The fraction of sp³-hybridized carbons (Fsp3) is 0.250. The number of carboxylic acids is 1. The highest BCUT2D eigenvalue weighted by atomic mass is 32.2. The van der Waals surface area contributed by atoms with Crippen molar-refractivity contribution >= 4 is 75.6 Å². The minimum atomic E-state index is -1.28. The van der Waals surface area contributed by atoms with E-state index in [1.807, 2.05) is 0 Å². The molecule has 1 unspecified atom stereocenters. The van der Waals surface area contributed by atoms with E-state index in [0.29, 0.717) is 16.3 Å². The molecule has 19 nitrogen and oxygen atoms in total. The zero-order valence-corrected chi connectivity index (χ0v) is 25.9. The number of nitrogen functional groups attached to an aromatic ring is 1. The molecule has 5 rings (SSSR count). The van der Waals surface area contributed by atoms with E-state index < -0.39 is 41.7 Å². The quantitative estimate of drug-likeness (QED) is 0.0440. The van der Waals surface area contributed by atoms with E-state index in [9.17, 15) is 34.5 Å².